The van der Waals surface area contributed by atoms with Gasteiger partial charge in [-0.3, -0.25) is 9.78 Å². The van der Waals surface area contributed by atoms with Gasteiger partial charge in [-0.15, -0.1) is 0 Å². The monoisotopic (exact) mass is 342 g/mol. The molecule has 3 rings (SSSR count). The van der Waals surface area contributed by atoms with Gasteiger partial charge in [0, 0.05) is 17.1 Å². The van der Waals surface area contributed by atoms with Crippen LogP contribution in [0.3, 0.4) is 0 Å². The van der Waals surface area contributed by atoms with Gasteiger partial charge in [0.05, 0.1) is 17.6 Å². The first kappa shape index (κ1) is 17.1. The minimum Gasteiger partial charge on any atom is -0.463 e. The Labute approximate surface area is 144 Å². The maximum atomic E-state index is 13.4. The van der Waals surface area contributed by atoms with Crippen molar-refractivity contribution < 1.29 is 18.7 Å². The third kappa shape index (κ3) is 3.53. The Morgan fingerprint density at radius 1 is 1.28 bits per heavy atom. The second-order valence-corrected chi connectivity index (χ2v) is 6.34. The maximum absolute atomic E-state index is 13.4. The molecule has 3 aromatic rings. The van der Waals surface area contributed by atoms with Crippen LogP contribution in [0.15, 0.2) is 40.8 Å². The van der Waals surface area contributed by atoms with Gasteiger partial charge in [0.15, 0.2) is 0 Å². The topological polar surface area (TPSA) is 75.4 Å². The van der Waals surface area contributed by atoms with E-state index in [4.69, 9.17) is 4.42 Å². The van der Waals surface area contributed by atoms with Crippen molar-refractivity contribution >= 4 is 16.8 Å². The number of fused-ring (bicyclic) bond motifs is 1. The lowest BCUT2D eigenvalue weighted by molar-refractivity contribution is 0.0323. The van der Waals surface area contributed by atoms with Crippen molar-refractivity contribution in [2.45, 2.75) is 26.4 Å². The zero-order valence-corrected chi connectivity index (χ0v) is 14.3. The minimum atomic E-state index is -1.34. The molecule has 6 heteroatoms. The fraction of sp³-hybridized carbons (Fsp3) is 0.263. The van der Waals surface area contributed by atoms with Gasteiger partial charge < -0.3 is 14.8 Å². The Morgan fingerprint density at radius 3 is 2.72 bits per heavy atom. The van der Waals surface area contributed by atoms with Crippen LogP contribution in [0.1, 0.15) is 34.5 Å². The van der Waals surface area contributed by atoms with Gasteiger partial charge in [-0.25, -0.2) is 4.39 Å². The van der Waals surface area contributed by atoms with Crippen molar-refractivity contribution in [3.05, 3.63) is 65.0 Å². The van der Waals surface area contributed by atoms with Crippen LogP contribution < -0.4 is 5.32 Å². The molecule has 2 heterocycles. The second-order valence-electron chi connectivity index (χ2n) is 6.34. The van der Waals surface area contributed by atoms with Gasteiger partial charge in [-0.05, 0) is 51.1 Å². The molecule has 0 spiro atoms. The van der Waals surface area contributed by atoms with E-state index in [-0.39, 0.29) is 12.5 Å². The first-order valence-corrected chi connectivity index (χ1v) is 7.91. The van der Waals surface area contributed by atoms with E-state index in [2.05, 4.69) is 10.3 Å². The molecule has 0 aliphatic carbocycles. The highest BCUT2D eigenvalue weighted by Gasteiger charge is 2.28. The lowest BCUT2D eigenvalue weighted by Crippen LogP contribution is -2.38. The van der Waals surface area contributed by atoms with Crippen molar-refractivity contribution in [1.82, 2.24) is 10.3 Å². The summed E-state index contributed by atoms with van der Waals surface area (Å²) < 4.78 is 18.8. The van der Waals surface area contributed by atoms with Gasteiger partial charge in [0.2, 0.25) is 0 Å². The molecule has 0 aliphatic heterocycles. The maximum Gasteiger partial charge on any atom is 0.252 e. The molecule has 1 atom stereocenters. The third-order valence-electron chi connectivity index (χ3n) is 4.01. The van der Waals surface area contributed by atoms with Crippen LogP contribution in [0.25, 0.3) is 10.9 Å². The number of nitrogens with zero attached hydrogens (tertiary/aromatic N) is 1. The number of aliphatic hydroxyl groups is 1. The number of rotatable bonds is 4. The minimum absolute atomic E-state index is 0.0250. The number of hydrogen-bond acceptors (Lipinski definition) is 4. The van der Waals surface area contributed by atoms with Gasteiger partial charge in [0.1, 0.15) is 22.9 Å². The van der Waals surface area contributed by atoms with Crippen molar-refractivity contribution in [2.75, 3.05) is 6.54 Å². The molecule has 130 valence electrons. The largest absolute Gasteiger partial charge is 0.463 e. The molecule has 5 nitrogen and oxygen atoms in total. The summed E-state index contributed by atoms with van der Waals surface area (Å²) in [5, 5.41) is 13.8. The van der Waals surface area contributed by atoms with Gasteiger partial charge in [0.25, 0.3) is 5.91 Å². The highest BCUT2D eigenvalue weighted by molar-refractivity contribution is 6.06. The van der Waals surface area contributed by atoms with Crippen LogP contribution in [0.2, 0.25) is 0 Å². The molecule has 2 N–H and O–H groups in total. The molecule has 1 amide bonds. The van der Waals surface area contributed by atoms with Crippen LogP contribution in [0.4, 0.5) is 4.39 Å². The number of halogens is 1. The van der Waals surface area contributed by atoms with E-state index in [1.54, 1.807) is 39.0 Å². The summed E-state index contributed by atoms with van der Waals surface area (Å²) in [6.07, 6.45) is 0. The lowest BCUT2D eigenvalue weighted by atomic mass is 10.0. The summed E-state index contributed by atoms with van der Waals surface area (Å²) in [6.45, 7) is 5.06. The Balaban J connectivity index is 1.85. The number of carbonyl (C=O) groups excluding carboxylic acids is 1. The molecule has 0 aliphatic rings. The highest BCUT2D eigenvalue weighted by Crippen LogP contribution is 2.23. The number of furan rings is 1. The number of amides is 1. The number of carbonyl (C=O) groups is 1. The Morgan fingerprint density at radius 2 is 2.04 bits per heavy atom. The van der Waals surface area contributed by atoms with Crippen molar-refractivity contribution in [3.63, 3.8) is 0 Å². The summed E-state index contributed by atoms with van der Waals surface area (Å²) in [5.74, 6) is 0.279. The van der Waals surface area contributed by atoms with Crippen molar-refractivity contribution in [1.29, 1.82) is 0 Å². The zero-order chi connectivity index (χ0) is 18.2. The Bertz CT molecular complexity index is 942. The average Bonchev–Trinajstić information content (AvgIpc) is 2.99. The molecule has 0 saturated carbocycles. The molecule has 0 bridgehead atoms. The van der Waals surface area contributed by atoms with Crippen LogP contribution in [0.5, 0.6) is 0 Å². The Kier molecular flexibility index (Phi) is 4.30. The number of nitrogens with one attached hydrogen (secondary N) is 1. The van der Waals surface area contributed by atoms with Crippen LogP contribution in [0, 0.1) is 19.7 Å². The number of aromatic nitrogens is 1. The zero-order valence-electron chi connectivity index (χ0n) is 14.3. The summed E-state index contributed by atoms with van der Waals surface area (Å²) in [6, 6.07) is 9.18. The van der Waals surface area contributed by atoms with E-state index in [1.807, 2.05) is 0 Å². The molecule has 1 aromatic carbocycles. The van der Waals surface area contributed by atoms with Crippen LogP contribution in [-0.4, -0.2) is 22.5 Å². The molecular formula is C19H19FN2O3. The number of hydrogen-bond donors (Lipinski definition) is 2. The molecule has 0 fully saturated rings. The number of benzene rings is 1. The SMILES string of the molecule is Cc1cc(C(=O)NCC(C)(O)c2ccc(C)o2)c2ccc(F)cc2n1. The Hall–Kier alpha value is -2.73. The highest BCUT2D eigenvalue weighted by atomic mass is 19.1. The van der Waals surface area contributed by atoms with Crippen molar-refractivity contribution in [2.24, 2.45) is 0 Å². The van der Waals surface area contributed by atoms with E-state index >= 15 is 0 Å². The van der Waals surface area contributed by atoms with E-state index in [0.717, 1.165) is 0 Å². The molecule has 1 unspecified atom stereocenters. The molecular weight excluding hydrogens is 323 g/mol. The summed E-state index contributed by atoms with van der Waals surface area (Å²) >= 11 is 0. The van der Waals surface area contributed by atoms with E-state index in [1.165, 1.54) is 18.2 Å². The predicted molar refractivity (Wildman–Crippen MR) is 91.8 cm³/mol. The summed E-state index contributed by atoms with van der Waals surface area (Å²) in [4.78, 5) is 16.9. The third-order valence-corrected chi connectivity index (χ3v) is 4.01. The lowest BCUT2D eigenvalue weighted by Gasteiger charge is -2.21. The van der Waals surface area contributed by atoms with Crippen LogP contribution in [-0.2, 0) is 5.60 Å². The van der Waals surface area contributed by atoms with E-state index in [9.17, 15) is 14.3 Å². The number of pyridine rings is 1. The molecule has 25 heavy (non-hydrogen) atoms. The van der Waals surface area contributed by atoms with Gasteiger partial charge in [-0.1, -0.05) is 0 Å². The van der Waals surface area contributed by atoms with Crippen LogP contribution >= 0.6 is 0 Å². The predicted octanol–water partition coefficient (Wildman–Crippen LogP) is 3.22. The standard InChI is InChI=1S/C19H19FN2O3/c1-11-8-15(14-6-5-13(20)9-16(14)22-11)18(23)21-10-19(3,24)17-7-4-12(2)25-17/h4-9,24H,10H2,1-3H3,(H,21,23). The average molecular weight is 342 g/mol. The smallest absolute Gasteiger partial charge is 0.252 e. The summed E-state index contributed by atoms with van der Waals surface area (Å²) in [5.41, 5.74) is 0.0673. The normalized spacial score (nSPS) is 13.6. The fourth-order valence-corrected chi connectivity index (χ4v) is 2.68. The first-order valence-electron chi connectivity index (χ1n) is 7.91. The first-order chi connectivity index (χ1) is 11.8. The molecule has 0 radical (unpaired) electrons. The molecule has 0 saturated heterocycles. The number of aryl methyl sites for hydroxylation is 2. The van der Waals surface area contributed by atoms with Gasteiger partial charge in [-0.2, -0.15) is 0 Å². The quantitative estimate of drug-likeness (QED) is 0.763. The second kappa shape index (κ2) is 6.29. The van der Waals surface area contributed by atoms with Gasteiger partial charge >= 0.3 is 0 Å². The van der Waals surface area contributed by atoms with E-state index in [0.29, 0.717) is 33.7 Å². The van der Waals surface area contributed by atoms with Crippen molar-refractivity contribution in [3.8, 4) is 0 Å². The fourth-order valence-electron chi connectivity index (χ4n) is 2.68. The summed E-state index contributed by atoms with van der Waals surface area (Å²) in [7, 11) is 0. The molecule has 2 aromatic heterocycles. The van der Waals surface area contributed by atoms with E-state index < -0.39 is 11.4 Å².